The molecular formula is C14H16FNO3S. The van der Waals surface area contributed by atoms with Crippen LogP contribution in [0.1, 0.15) is 24.8 Å². The Morgan fingerprint density at radius 1 is 1.25 bits per heavy atom. The van der Waals surface area contributed by atoms with Gasteiger partial charge in [0.1, 0.15) is 17.3 Å². The molecule has 1 heterocycles. The highest BCUT2D eigenvalue weighted by molar-refractivity contribution is 7.89. The second-order valence-electron chi connectivity index (χ2n) is 4.57. The number of rotatable bonds is 2. The Morgan fingerprint density at radius 3 is 2.55 bits per heavy atom. The molecule has 1 aromatic carbocycles. The van der Waals surface area contributed by atoms with Crippen LogP contribution in [0.3, 0.4) is 0 Å². The molecule has 0 amide bonds. The van der Waals surface area contributed by atoms with Crippen LogP contribution in [-0.4, -0.2) is 37.5 Å². The van der Waals surface area contributed by atoms with Gasteiger partial charge in [-0.15, -0.1) is 0 Å². The predicted molar refractivity (Wildman–Crippen MR) is 73.0 cm³/mol. The molecule has 108 valence electrons. The molecule has 0 aromatic heterocycles. The normalized spacial score (nSPS) is 16.5. The summed E-state index contributed by atoms with van der Waals surface area (Å²) in [4.78, 5) is -0.311. The maximum atomic E-state index is 14.0. The minimum atomic E-state index is -3.77. The van der Waals surface area contributed by atoms with E-state index in [0.29, 0.717) is 18.7 Å². The zero-order valence-corrected chi connectivity index (χ0v) is 11.8. The summed E-state index contributed by atoms with van der Waals surface area (Å²) < 4.78 is 40.0. The molecule has 0 unspecified atom stereocenters. The lowest BCUT2D eigenvalue weighted by Gasteiger charge is -2.26. The highest BCUT2D eigenvalue weighted by Gasteiger charge is 2.28. The molecular weight excluding hydrogens is 281 g/mol. The van der Waals surface area contributed by atoms with Gasteiger partial charge < -0.3 is 5.11 Å². The van der Waals surface area contributed by atoms with Crippen LogP contribution in [-0.2, 0) is 10.0 Å². The van der Waals surface area contributed by atoms with E-state index in [1.54, 1.807) is 0 Å². The van der Waals surface area contributed by atoms with E-state index in [9.17, 15) is 12.8 Å². The van der Waals surface area contributed by atoms with Gasteiger partial charge in [-0.3, -0.25) is 0 Å². The maximum absolute atomic E-state index is 14.0. The Balaban J connectivity index is 2.32. The van der Waals surface area contributed by atoms with Crippen molar-refractivity contribution in [1.82, 2.24) is 4.31 Å². The van der Waals surface area contributed by atoms with E-state index >= 15 is 0 Å². The van der Waals surface area contributed by atoms with Crippen LogP contribution >= 0.6 is 0 Å². The average molecular weight is 297 g/mol. The van der Waals surface area contributed by atoms with Crippen molar-refractivity contribution in [3.8, 4) is 11.8 Å². The Bertz CT molecular complexity index is 640. The SMILES string of the molecule is O=S(=O)(c1ccc(C#CCO)cc1F)N1CCCCC1. The Hall–Kier alpha value is -1.42. The van der Waals surface area contributed by atoms with Crippen molar-refractivity contribution < 1.29 is 17.9 Å². The zero-order valence-electron chi connectivity index (χ0n) is 11.0. The summed E-state index contributed by atoms with van der Waals surface area (Å²) in [7, 11) is -3.77. The number of aliphatic hydroxyl groups is 1. The van der Waals surface area contributed by atoms with Gasteiger partial charge in [0, 0.05) is 18.7 Å². The van der Waals surface area contributed by atoms with E-state index in [2.05, 4.69) is 11.8 Å². The molecule has 0 saturated carbocycles. The van der Waals surface area contributed by atoms with Gasteiger partial charge >= 0.3 is 0 Å². The fourth-order valence-electron chi connectivity index (χ4n) is 2.17. The quantitative estimate of drug-likeness (QED) is 0.838. The molecule has 0 aliphatic carbocycles. The lowest BCUT2D eigenvalue weighted by Crippen LogP contribution is -2.36. The second kappa shape index (κ2) is 6.35. The second-order valence-corrected chi connectivity index (χ2v) is 6.48. The number of hydrogen-bond acceptors (Lipinski definition) is 3. The first-order chi connectivity index (χ1) is 9.55. The molecule has 0 spiro atoms. The van der Waals surface area contributed by atoms with Crippen LogP contribution in [0.2, 0.25) is 0 Å². The fraction of sp³-hybridized carbons (Fsp3) is 0.429. The molecule has 0 atom stereocenters. The number of halogens is 1. The van der Waals surface area contributed by atoms with Crippen LogP contribution < -0.4 is 0 Å². The zero-order chi connectivity index (χ0) is 14.6. The minimum absolute atomic E-state index is 0.311. The largest absolute Gasteiger partial charge is 0.384 e. The Labute approximate surface area is 118 Å². The van der Waals surface area contributed by atoms with Crippen molar-refractivity contribution in [3.63, 3.8) is 0 Å². The summed E-state index contributed by atoms with van der Waals surface area (Å²) in [6.45, 7) is 0.553. The number of hydrogen-bond donors (Lipinski definition) is 1. The van der Waals surface area contributed by atoms with Crippen LogP contribution in [0.5, 0.6) is 0 Å². The van der Waals surface area contributed by atoms with Crippen molar-refractivity contribution in [1.29, 1.82) is 0 Å². The van der Waals surface area contributed by atoms with Gasteiger partial charge in [0.25, 0.3) is 0 Å². The summed E-state index contributed by atoms with van der Waals surface area (Å²) in [5, 5.41) is 8.58. The van der Waals surface area contributed by atoms with Crippen LogP contribution in [0.15, 0.2) is 23.1 Å². The summed E-state index contributed by atoms with van der Waals surface area (Å²) >= 11 is 0. The lowest BCUT2D eigenvalue weighted by atomic mass is 10.2. The third kappa shape index (κ3) is 3.18. The first-order valence-corrected chi connectivity index (χ1v) is 7.89. The highest BCUT2D eigenvalue weighted by Crippen LogP contribution is 2.23. The van der Waals surface area contributed by atoms with Crippen LogP contribution in [0.25, 0.3) is 0 Å². The van der Waals surface area contributed by atoms with Crippen molar-refractivity contribution in [2.75, 3.05) is 19.7 Å². The van der Waals surface area contributed by atoms with Gasteiger partial charge in [-0.05, 0) is 31.0 Å². The molecule has 6 heteroatoms. The van der Waals surface area contributed by atoms with E-state index in [-0.39, 0.29) is 11.5 Å². The minimum Gasteiger partial charge on any atom is -0.384 e. The molecule has 1 aliphatic rings. The number of aliphatic hydroxyl groups excluding tert-OH is 1. The predicted octanol–water partition coefficient (Wildman–Crippen LogP) is 1.34. The summed E-state index contributed by atoms with van der Waals surface area (Å²) in [6.07, 6.45) is 2.62. The topological polar surface area (TPSA) is 57.6 Å². The molecule has 0 bridgehead atoms. The van der Waals surface area contributed by atoms with Gasteiger partial charge in [0.05, 0.1) is 0 Å². The van der Waals surface area contributed by atoms with E-state index in [1.165, 1.54) is 16.4 Å². The van der Waals surface area contributed by atoms with E-state index < -0.39 is 15.8 Å². The van der Waals surface area contributed by atoms with Crippen molar-refractivity contribution >= 4 is 10.0 Å². The van der Waals surface area contributed by atoms with Crippen molar-refractivity contribution in [2.24, 2.45) is 0 Å². The van der Waals surface area contributed by atoms with E-state index in [1.807, 2.05) is 0 Å². The third-order valence-electron chi connectivity index (χ3n) is 3.18. The summed E-state index contributed by atoms with van der Waals surface area (Å²) in [5.41, 5.74) is 0.342. The molecule has 1 N–H and O–H groups in total. The highest BCUT2D eigenvalue weighted by atomic mass is 32.2. The maximum Gasteiger partial charge on any atom is 0.245 e. The molecule has 1 fully saturated rings. The summed E-state index contributed by atoms with van der Waals surface area (Å²) in [6, 6.07) is 3.77. The van der Waals surface area contributed by atoms with Gasteiger partial charge in [0.15, 0.2) is 0 Å². The number of benzene rings is 1. The van der Waals surface area contributed by atoms with Gasteiger partial charge in [-0.25, -0.2) is 12.8 Å². The lowest BCUT2D eigenvalue weighted by molar-refractivity contribution is 0.345. The van der Waals surface area contributed by atoms with Crippen LogP contribution in [0.4, 0.5) is 4.39 Å². The van der Waals surface area contributed by atoms with Gasteiger partial charge in [-0.1, -0.05) is 18.3 Å². The van der Waals surface area contributed by atoms with Gasteiger partial charge in [-0.2, -0.15) is 4.31 Å². The van der Waals surface area contributed by atoms with Crippen molar-refractivity contribution in [3.05, 3.63) is 29.6 Å². The smallest absolute Gasteiger partial charge is 0.245 e. The molecule has 2 rings (SSSR count). The Kier molecular flexibility index (Phi) is 4.76. The van der Waals surface area contributed by atoms with Gasteiger partial charge in [0.2, 0.25) is 10.0 Å². The summed E-state index contributed by atoms with van der Waals surface area (Å²) in [5.74, 6) is 4.13. The number of piperidine rings is 1. The van der Waals surface area contributed by atoms with E-state index in [4.69, 9.17) is 5.11 Å². The number of nitrogens with zero attached hydrogens (tertiary/aromatic N) is 1. The molecule has 0 radical (unpaired) electrons. The molecule has 20 heavy (non-hydrogen) atoms. The first-order valence-electron chi connectivity index (χ1n) is 6.45. The molecule has 4 nitrogen and oxygen atoms in total. The standard InChI is InChI=1S/C14H16FNO3S/c15-13-11-12(5-4-10-17)6-7-14(13)20(18,19)16-8-2-1-3-9-16/h6-7,11,17H,1-3,8-10H2. The molecule has 1 aliphatic heterocycles. The molecule has 1 aromatic rings. The monoisotopic (exact) mass is 297 g/mol. The third-order valence-corrected chi connectivity index (χ3v) is 5.11. The first kappa shape index (κ1) is 15.0. The fourth-order valence-corrected chi connectivity index (χ4v) is 3.74. The Morgan fingerprint density at radius 2 is 1.95 bits per heavy atom. The van der Waals surface area contributed by atoms with Crippen molar-refractivity contribution in [2.45, 2.75) is 24.2 Å². The average Bonchev–Trinajstić information content (AvgIpc) is 2.46. The van der Waals surface area contributed by atoms with E-state index in [0.717, 1.165) is 25.3 Å². The van der Waals surface area contributed by atoms with Crippen LogP contribution in [0, 0.1) is 17.7 Å². The molecule has 1 saturated heterocycles. The number of sulfonamides is 1.